The van der Waals surface area contributed by atoms with Crippen LogP contribution >= 0.6 is 0 Å². The van der Waals surface area contributed by atoms with E-state index >= 15 is 0 Å². The minimum Gasteiger partial charge on any atom is -0.507 e. The number of anilines is 1. The fourth-order valence-corrected chi connectivity index (χ4v) is 9.20. The molecule has 2 aromatic rings. The quantitative estimate of drug-likeness (QED) is 0.209. The number of amides is 1. The predicted molar refractivity (Wildman–Crippen MR) is 228 cm³/mol. The number of carbonyl (C=O) groups excluding carboxylic acids is 3. The second kappa shape index (κ2) is 17.5. The molecule has 0 unspecified atom stereocenters. The van der Waals surface area contributed by atoms with E-state index in [9.17, 15) is 34.8 Å². The zero-order valence-corrected chi connectivity index (χ0v) is 37.1. The summed E-state index contributed by atoms with van der Waals surface area (Å²) in [5.41, 5.74) is -0.572. The number of esters is 1. The van der Waals surface area contributed by atoms with E-state index in [0.717, 1.165) is 6.54 Å². The number of ketones is 1. The summed E-state index contributed by atoms with van der Waals surface area (Å²) in [7, 11) is 1.47. The summed E-state index contributed by atoms with van der Waals surface area (Å²) >= 11 is 0. The summed E-state index contributed by atoms with van der Waals surface area (Å²) in [4.78, 5) is 53.7. The number of phenols is 2. The van der Waals surface area contributed by atoms with Crippen LogP contribution in [0.3, 0.4) is 0 Å². The van der Waals surface area contributed by atoms with Gasteiger partial charge in [-0.2, -0.15) is 0 Å². The Morgan fingerprint density at radius 2 is 1.62 bits per heavy atom. The van der Waals surface area contributed by atoms with Crippen molar-refractivity contribution >= 4 is 34.1 Å². The number of ether oxygens (including phenoxy) is 4. The summed E-state index contributed by atoms with van der Waals surface area (Å²) in [6.45, 7) is 19.5. The van der Waals surface area contributed by atoms with Gasteiger partial charge in [0, 0.05) is 93.6 Å². The summed E-state index contributed by atoms with van der Waals surface area (Å²) in [6.07, 6.45) is 5.04. The Kier molecular flexibility index (Phi) is 13.1. The molecule has 4 heterocycles. The molecule has 6 rings (SSSR count). The molecule has 4 aliphatic rings. The van der Waals surface area contributed by atoms with Crippen LogP contribution in [0, 0.1) is 36.5 Å². The molecule has 4 bridgehead atoms. The van der Waals surface area contributed by atoms with E-state index in [0.29, 0.717) is 31.8 Å². The lowest BCUT2D eigenvalue weighted by atomic mass is 9.78. The van der Waals surface area contributed by atoms with E-state index in [1.807, 2.05) is 0 Å². The number of aliphatic hydroxyl groups excluding tert-OH is 2. The van der Waals surface area contributed by atoms with Crippen LogP contribution in [0.15, 0.2) is 46.1 Å². The number of Topliss-reactive ketones (excluding diaryl/α,β-unsaturated/α-hetero) is 1. The zero-order chi connectivity index (χ0) is 44.9. The second-order valence-electron chi connectivity index (χ2n) is 18.0. The molecule has 9 atom stereocenters. The Morgan fingerprint density at radius 1 is 0.967 bits per heavy atom. The SMILES string of the molecule is CO[C@H]1/C=C\O[C@@]2(C)Oc3c(C)c(O)c4c(O)c(c5c(c4c3C2=O)=NC2(CCN(CC(C)C)CC2)N=5)NC(=O)/C(C)=C/C=C\[C@H](C)[C@H](O)[C@@H](C)[C@@H](O)[C@@H](C)[C@@H](OC(C)=O)[C@H]1C. The largest absolute Gasteiger partial charge is 0.507 e. The van der Waals surface area contributed by atoms with Crippen LogP contribution in [0.1, 0.15) is 91.1 Å². The number of rotatable bonds is 4. The molecule has 1 fully saturated rings. The Balaban J connectivity index is 1.54. The van der Waals surface area contributed by atoms with Crippen LogP contribution in [0.2, 0.25) is 0 Å². The number of hydrogen-bond acceptors (Lipinski definition) is 14. The van der Waals surface area contributed by atoms with Crippen molar-refractivity contribution < 1.29 is 53.8 Å². The van der Waals surface area contributed by atoms with Gasteiger partial charge in [0.1, 0.15) is 28.6 Å². The average molecular weight is 847 g/mol. The zero-order valence-electron chi connectivity index (χ0n) is 37.1. The van der Waals surface area contributed by atoms with E-state index in [2.05, 4.69) is 24.1 Å². The van der Waals surface area contributed by atoms with Gasteiger partial charge in [0.2, 0.25) is 0 Å². The highest BCUT2D eigenvalue weighted by molar-refractivity contribution is 6.19. The maximum absolute atomic E-state index is 14.7. The van der Waals surface area contributed by atoms with Crippen LogP contribution < -0.4 is 20.8 Å². The van der Waals surface area contributed by atoms with Crippen LogP contribution in [-0.2, 0) is 23.8 Å². The van der Waals surface area contributed by atoms with Gasteiger partial charge in [0.05, 0.1) is 40.9 Å². The van der Waals surface area contributed by atoms with Crippen molar-refractivity contribution in [3.63, 3.8) is 0 Å². The highest BCUT2D eigenvalue weighted by atomic mass is 16.7. The number of carbonyl (C=O) groups is 3. The standard InChI is InChI=1S/C46H62N4O11/c1-22(2)21-50-18-16-46(17-19-50)48-34-31-32-39(54)28(8)42-33(31)43(56)45(10,61-42)59-20-15-30(58-11)25(5)41(60-29(9)51)27(7)38(53)26(6)37(52)23(3)13-12-14-24(4)44(57)47-36(40(32)55)35(34)49-46/h12-15,20,22-23,25-27,30,37-38,41,52-55H,16-19,21H2,1-11H3,(H,47,57)/b13-12-,20-15-,24-14+/t23-,25-,26+,27+,30-,37-,38+,41-,45-/m0/s1. The van der Waals surface area contributed by atoms with E-state index in [-0.39, 0.29) is 55.4 Å². The Morgan fingerprint density at radius 3 is 2.25 bits per heavy atom. The molecule has 0 radical (unpaired) electrons. The van der Waals surface area contributed by atoms with Crippen molar-refractivity contribution in [3.05, 3.63) is 58.0 Å². The van der Waals surface area contributed by atoms with Crippen molar-refractivity contribution in [3.8, 4) is 17.2 Å². The van der Waals surface area contributed by atoms with Gasteiger partial charge in [0.25, 0.3) is 11.7 Å². The topological polar surface area (TPSA) is 209 Å². The van der Waals surface area contributed by atoms with Gasteiger partial charge in [-0.1, -0.05) is 59.8 Å². The van der Waals surface area contributed by atoms with E-state index in [1.165, 1.54) is 27.2 Å². The van der Waals surface area contributed by atoms with E-state index in [1.54, 1.807) is 65.8 Å². The number of aliphatic hydroxyl groups is 2. The Labute approximate surface area is 356 Å². The maximum atomic E-state index is 14.7. The third kappa shape index (κ3) is 8.54. The van der Waals surface area contributed by atoms with Gasteiger partial charge in [-0.15, -0.1) is 0 Å². The van der Waals surface area contributed by atoms with Gasteiger partial charge < -0.3 is 49.6 Å². The second-order valence-corrected chi connectivity index (χ2v) is 18.0. The first-order valence-corrected chi connectivity index (χ1v) is 21.2. The number of aromatic hydroxyl groups is 2. The van der Waals surface area contributed by atoms with Crippen molar-refractivity contribution in [1.82, 2.24) is 4.90 Å². The molecule has 0 saturated carbocycles. The number of methoxy groups -OCH3 is 1. The van der Waals surface area contributed by atoms with Crippen LogP contribution in [0.5, 0.6) is 17.2 Å². The number of likely N-dealkylation sites (tertiary alicyclic amines) is 1. The van der Waals surface area contributed by atoms with Crippen LogP contribution in [0.4, 0.5) is 5.69 Å². The number of hydrogen-bond donors (Lipinski definition) is 5. The molecule has 2 aromatic carbocycles. The molecule has 1 saturated heterocycles. The number of piperidine rings is 1. The first kappa shape index (κ1) is 45.7. The van der Waals surface area contributed by atoms with Crippen molar-refractivity contribution in [2.24, 2.45) is 39.6 Å². The van der Waals surface area contributed by atoms with Crippen LogP contribution in [-0.4, -0.2) is 106 Å². The molecule has 5 N–H and O–H groups in total. The summed E-state index contributed by atoms with van der Waals surface area (Å²) in [5.74, 6) is -6.44. The molecule has 1 amide bonds. The third-order valence-corrected chi connectivity index (χ3v) is 12.9. The normalized spacial score (nSPS) is 32.7. The van der Waals surface area contributed by atoms with Gasteiger partial charge >= 0.3 is 11.8 Å². The van der Waals surface area contributed by atoms with Gasteiger partial charge in [-0.3, -0.25) is 24.4 Å². The molecule has 61 heavy (non-hydrogen) atoms. The summed E-state index contributed by atoms with van der Waals surface area (Å²) in [5, 5.41) is 50.2. The third-order valence-electron chi connectivity index (χ3n) is 12.9. The molecule has 0 aliphatic carbocycles. The number of phenolic OH excluding ortho intramolecular Hbond substituents is 2. The van der Waals surface area contributed by atoms with Gasteiger partial charge in [-0.25, -0.2) is 0 Å². The Bertz CT molecular complexity index is 2300. The number of fused-ring (bicyclic) bond motifs is 1. The molecular formula is C46H62N4O11. The highest BCUT2D eigenvalue weighted by Gasteiger charge is 2.50. The van der Waals surface area contributed by atoms with E-state index in [4.69, 9.17) is 28.9 Å². The molecule has 4 aliphatic heterocycles. The van der Waals surface area contributed by atoms with Crippen molar-refractivity contribution in [2.75, 3.05) is 32.1 Å². The highest BCUT2D eigenvalue weighted by Crippen LogP contribution is 2.50. The summed E-state index contributed by atoms with van der Waals surface area (Å²) in [6, 6.07) is 0. The summed E-state index contributed by atoms with van der Waals surface area (Å²) < 4.78 is 24.0. The minimum absolute atomic E-state index is 0.0364. The minimum atomic E-state index is -1.96. The first-order valence-electron chi connectivity index (χ1n) is 21.2. The van der Waals surface area contributed by atoms with Crippen LogP contribution in [0.25, 0.3) is 10.8 Å². The molecule has 15 heteroatoms. The number of nitrogens with zero attached hydrogens (tertiary/aromatic N) is 3. The first-order chi connectivity index (χ1) is 28.6. The number of allylic oxidation sites excluding steroid dienone is 2. The average Bonchev–Trinajstić information content (AvgIpc) is 3.71. The maximum Gasteiger partial charge on any atom is 0.312 e. The lowest BCUT2D eigenvalue weighted by molar-refractivity contribution is -0.160. The molecule has 15 nitrogen and oxygen atoms in total. The lowest BCUT2D eigenvalue weighted by Crippen LogP contribution is -2.46. The van der Waals surface area contributed by atoms with Crippen molar-refractivity contribution in [1.29, 1.82) is 0 Å². The molecule has 0 aromatic heterocycles. The predicted octanol–water partition coefficient (Wildman–Crippen LogP) is 4.75. The fraction of sp³-hybridized carbons (Fsp3) is 0.587. The van der Waals surface area contributed by atoms with E-state index < -0.39 is 82.9 Å². The lowest BCUT2D eigenvalue weighted by Gasteiger charge is -2.38. The number of benzene rings is 2. The Hall–Kier alpha value is -4.83. The van der Waals surface area contributed by atoms with Gasteiger partial charge in [0.15, 0.2) is 11.4 Å². The molecule has 332 valence electrons. The molecular weight excluding hydrogens is 785 g/mol. The fourth-order valence-electron chi connectivity index (χ4n) is 9.20. The molecule has 1 spiro atoms. The monoisotopic (exact) mass is 846 g/mol. The van der Waals surface area contributed by atoms with Gasteiger partial charge in [-0.05, 0) is 25.8 Å². The van der Waals surface area contributed by atoms with Crippen molar-refractivity contribution in [2.45, 2.75) is 118 Å². The smallest absolute Gasteiger partial charge is 0.312 e. The number of nitrogens with one attached hydrogen (secondary N) is 1.